The number of phenolic OH excluding ortho intramolecular Hbond substituents is 2. The second kappa shape index (κ2) is 20.4. The van der Waals surface area contributed by atoms with Crippen molar-refractivity contribution in [1.29, 1.82) is 0 Å². The molecular formula is C48H81CaNO7P+. The van der Waals surface area contributed by atoms with Gasteiger partial charge in [-0.05, 0) is 110 Å². The van der Waals surface area contributed by atoms with Crippen LogP contribution in [0.2, 0.25) is 0 Å². The van der Waals surface area contributed by atoms with Gasteiger partial charge in [-0.15, -0.1) is 0 Å². The van der Waals surface area contributed by atoms with Crippen molar-refractivity contribution in [2.24, 2.45) is 5.92 Å². The summed E-state index contributed by atoms with van der Waals surface area (Å²) in [5.41, 5.74) is 4.18. The molecular weight excluding hydrogens is 774 g/mol. The van der Waals surface area contributed by atoms with Crippen molar-refractivity contribution in [3.05, 3.63) is 57.6 Å². The Balaban J connectivity index is 0.000000631. The average Bonchev–Trinajstić information content (AvgIpc) is 3.00. The molecule has 0 bridgehead atoms. The summed E-state index contributed by atoms with van der Waals surface area (Å²) in [6.45, 7) is 37.7. The molecule has 2 unspecified atom stereocenters. The quantitative estimate of drug-likeness (QED) is 0.130. The topological polar surface area (TPSA) is 119 Å². The van der Waals surface area contributed by atoms with Crippen LogP contribution in [0.4, 0.5) is 0 Å². The van der Waals surface area contributed by atoms with Crippen LogP contribution >= 0.6 is 7.60 Å². The van der Waals surface area contributed by atoms with Crippen LogP contribution in [0.15, 0.2) is 24.3 Å². The van der Waals surface area contributed by atoms with Gasteiger partial charge in [0.1, 0.15) is 25.2 Å². The minimum Gasteiger partial charge on any atom is -0.778 e. The molecule has 2 atom stereocenters. The summed E-state index contributed by atoms with van der Waals surface area (Å²) in [7, 11) is -1.73. The van der Waals surface area contributed by atoms with Crippen molar-refractivity contribution in [3.8, 4) is 11.5 Å². The number of aromatic hydroxyl groups is 2. The van der Waals surface area contributed by atoms with Crippen LogP contribution in [0, 0.1) is 5.92 Å². The van der Waals surface area contributed by atoms with Crippen LogP contribution < -0.4 is 4.89 Å². The van der Waals surface area contributed by atoms with E-state index in [0.717, 1.165) is 59.9 Å². The third kappa shape index (κ3) is 15.3. The van der Waals surface area contributed by atoms with Gasteiger partial charge in [-0.3, -0.25) is 9.69 Å². The zero-order chi connectivity index (χ0) is 44.3. The summed E-state index contributed by atoms with van der Waals surface area (Å²) in [5.74, 6) is 0.395. The van der Waals surface area contributed by atoms with Gasteiger partial charge in [0, 0.05) is 30.1 Å². The number of esters is 1. The van der Waals surface area contributed by atoms with Crippen LogP contribution in [0.3, 0.4) is 0 Å². The summed E-state index contributed by atoms with van der Waals surface area (Å²) in [5, 5.41) is 21.7. The molecule has 0 aromatic heterocycles. The number of carbonyl (C=O) groups is 1. The Kier molecular flexibility index (Phi) is 19.3. The molecule has 2 aromatic carbocycles. The molecule has 8 nitrogen and oxygen atoms in total. The fourth-order valence-corrected chi connectivity index (χ4v) is 9.13. The Morgan fingerprint density at radius 2 is 1.14 bits per heavy atom. The number of piperidine rings is 1. The first-order valence-corrected chi connectivity index (χ1v) is 22.9. The SMILES string of the molecule is CCCCC(Cc1cc(C(C)(C)C)c(O)c(C(C)(C)C)c1)C(=O)OC1CC(C)(C)N(C)C(C)(C)C1.CCOP(=O)([O-])Cc1cc(C(C)(C)C)c(O)c(C(C)(C)C)c1.[Ca+2]. The number of hydrogen-bond acceptors (Lipinski definition) is 8. The first-order chi connectivity index (χ1) is 25.6. The molecule has 1 saturated heterocycles. The summed E-state index contributed by atoms with van der Waals surface area (Å²) >= 11 is 0. The number of phenols is 2. The van der Waals surface area contributed by atoms with E-state index < -0.39 is 7.60 Å². The Morgan fingerprint density at radius 3 is 1.47 bits per heavy atom. The Bertz CT molecular complexity index is 1630. The predicted molar refractivity (Wildman–Crippen MR) is 241 cm³/mol. The number of hydrogen-bond donors (Lipinski definition) is 2. The molecule has 0 spiro atoms. The number of nitrogens with zero attached hydrogens (tertiary/aromatic N) is 1. The van der Waals surface area contributed by atoms with Gasteiger partial charge in [0.05, 0.1) is 12.5 Å². The minimum atomic E-state index is -3.91. The van der Waals surface area contributed by atoms with Gasteiger partial charge in [-0.2, -0.15) is 0 Å². The fourth-order valence-electron chi connectivity index (χ4n) is 8.01. The standard InChI is InChI=1S/C31H53NO3.C17H29O4P.Ca/c1-13-14-15-22(27(34)35-23-19-30(8,9)32(12)31(10,11)20-23)16-21-17-24(28(2,3)4)26(33)25(18-21)29(5,6)7;1-8-21-22(19,20)11-12-9-13(16(2,3)4)15(18)14(10-12)17(5,6)7;/h17-18,22-23,33H,13-16,19-20H2,1-12H3;9-10,18H,8,11H2,1-7H3,(H,19,20);/q;;+2/p-1. The molecule has 2 aromatic rings. The number of rotatable bonds is 11. The molecule has 58 heavy (non-hydrogen) atoms. The first kappa shape index (κ1) is 54.9. The zero-order valence-electron chi connectivity index (χ0n) is 40.2. The van der Waals surface area contributed by atoms with Crippen molar-refractivity contribution in [2.45, 2.75) is 208 Å². The van der Waals surface area contributed by atoms with E-state index in [4.69, 9.17) is 9.26 Å². The Labute approximate surface area is 384 Å². The second-order valence-corrected chi connectivity index (χ2v) is 23.8. The monoisotopic (exact) mass is 855 g/mol. The normalized spacial score (nSPS) is 18.0. The molecule has 1 heterocycles. The molecule has 10 heteroatoms. The molecule has 0 amide bonds. The number of benzene rings is 2. The predicted octanol–water partition coefficient (Wildman–Crippen LogP) is 11.2. The summed E-state index contributed by atoms with van der Waals surface area (Å²) in [4.78, 5) is 27.9. The summed E-state index contributed by atoms with van der Waals surface area (Å²) in [6, 6.07) is 7.76. The van der Waals surface area contributed by atoms with Gasteiger partial charge >= 0.3 is 43.7 Å². The number of carbonyl (C=O) groups excluding carboxylic acids is 1. The molecule has 2 N–H and O–H groups in total. The van der Waals surface area contributed by atoms with Crippen LogP contribution in [-0.2, 0) is 52.9 Å². The van der Waals surface area contributed by atoms with E-state index in [9.17, 15) is 24.5 Å². The Hall–Kier alpha value is -1.12. The molecule has 326 valence electrons. The minimum absolute atomic E-state index is 0. The van der Waals surface area contributed by atoms with Gasteiger partial charge in [-0.25, -0.2) is 0 Å². The van der Waals surface area contributed by atoms with Crippen LogP contribution in [0.5, 0.6) is 11.5 Å². The van der Waals surface area contributed by atoms with Crippen molar-refractivity contribution < 1.29 is 33.7 Å². The van der Waals surface area contributed by atoms with E-state index >= 15 is 0 Å². The van der Waals surface area contributed by atoms with E-state index in [-0.39, 0.29) is 107 Å². The van der Waals surface area contributed by atoms with E-state index in [0.29, 0.717) is 17.7 Å². The molecule has 1 fully saturated rings. The fraction of sp³-hybridized carbons (Fsp3) is 0.729. The maximum atomic E-state index is 13.6. The van der Waals surface area contributed by atoms with Crippen molar-refractivity contribution in [2.75, 3.05) is 13.7 Å². The van der Waals surface area contributed by atoms with Gasteiger partial charge in [0.15, 0.2) is 0 Å². The molecule has 0 saturated carbocycles. The molecule has 1 aliphatic heterocycles. The molecule has 0 radical (unpaired) electrons. The largest absolute Gasteiger partial charge is 2.00 e. The van der Waals surface area contributed by atoms with Crippen molar-refractivity contribution >= 4 is 51.3 Å². The maximum Gasteiger partial charge on any atom is 2.00 e. The van der Waals surface area contributed by atoms with Gasteiger partial charge < -0.3 is 28.9 Å². The van der Waals surface area contributed by atoms with E-state index in [2.05, 4.69) is 100 Å². The number of likely N-dealkylation sites (tertiary alicyclic amines) is 1. The average molecular weight is 855 g/mol. The van der Waals surface area contributed by atoms with Gasteiger partial charge in [0.25, 0.3) is 0 Å². The van der Waals surface area contributed by atoms with Crippen LogP contribution in [-0.4, -0.2) is 89.7 Å². The summed E-state index contributed by atoms with van der Waals surface area (Å²) < 4.78 is 23.0. The third-order valence-electron chi connectivity index (χ3n) is 11.5. The smallest absolute Gasteiger partial charge is 0.778 e. The van der Waals surface area contributed by atoms with Crippen molar-refractivity contribution in [3.63, 3.8) is 0 Å². The molecule has 1 aliphatic rings. The number of ether oxygens (including phenoxy) is 1. The van der Waals surface area contributed by atoms with E-state index in [1.54, 1.807) is 19.1 Å². The van der Waals surface area contributed by atoms with Crippen LogP contribution in [0.1, 0.15) is 190 Å². The third-order valence-corrected chi connectivity index (χ3v) is 13.0. The van der Waals surface area contributed by atoms with E-state index in [1.807, 2.05) is 41.5 Å². The first-order valence-electron chi connectivity index (χ1n) is 21.2. The zero-order valence-corrected chi connectivity index (χ0v) is 43.3. The second-order valence-electron chi connectivity index (χ2n) is 22.0. The van der Waals surface area contributed by atoms with Crippen molar-refractivity contribution in [1.82, 2.24) is 4.90 Å². The Morgan fingerprint density at radius 1 is 0.776 bits per heavy atom. The molecule has 3 rings (SSSR count). The number of unbranched alkanes of at least 4 members (excludes halogenated alkanes) is 1. The van der Waals surface area contributed by atoms with E-state index in [1.165, 1.54) is 0 Å². The maximum absolute atomic E-state index is 13.6. The molecule has 0 aliphatic carbocycles. The van der Waals surface area contributed by atoms with Gasteiger partial charge in [-0.1, -0.05) is 127 Å². The van der Waals surface area contributed by atoms with Crippen LogP contribution in [0.25, 0.3) is 0 Å². The van der Waals surface area contributed by atoms with Gasteiger partial charge in [0.2, 0.25) is 0 Å². The summed E-state index contributed by atoms with van der Waals surface area (Å²) in [6.07, 6.45) is 4.99.